The van der Waals surface area contributed by atoms with Gasteiger partial charge >= 0.3 is 0 Å². The minimum absolute atomic E-state index is 0.0389. The molecule has 0 heterocycles. The first-order chi connectivity index (χ1) is 8.97. The number of nitrogen functional groups attached to an aromatic ring is 1. The summed E-state index contributed by atoms with van der Waals surface area (Å²) < 4.78 is 14.3. The fraction of sp³-hybridized carbons (Fsp3) is 0.0714. The molecule has 0 aromatic heterocycles. The lowest BCUT2D eigenvalue weighted by molar-refractivity contribution is 0.0992. The summed E-state index contributed by atoms with van der Waals surface area (Å²) in [6.45, 7) is 0. The molecule has 0 saturated heterocycles. The van der Waals surface area contributed by atoms with E-state index < -0.39 is 5.82 Å². The smallest absolute Gasteiger partial charge is 0.168 e. The maximum atomic E-state index is 13.7. The van der Waals surface area contributed by atoms with E-state index >= 15 is 0 Å². The van der Waals surface area contributed by atoms with Gasteiger partial charge in [0.2, 0.25) is 0 Å². The van der Waals surface area contributed by atoms with Gasteiger partial charge in [0.15, 0.2) is 5.78 Å². The summed E-state index contributed by atoms with van der Waals surface area (Å²) in [7, 11) is 0. The van der Waals surface area contributed by atoms with Crippen LogP contribution >= 0.6 is 27.5 Å². The first kappa shape index (κ1) is 14.0. The number of anilines is 1. The van der Waals surface area contributed by atoms with Gasteiger partial charge in [0.05, 0.1) is 5.02 Å². The lowest BCUT2D eigenvalue weighted by Gasteiger charge is -2.06. The second-order valence-corrected chi connectivity index (χ2v) is 5.40. The van der Waals surface area contributed by atoms with Crippen molar-refractivity contribution >= 4 is 39.0 Å². The Morgan fingerprint density at radius 2 is 2.00 bits per heavy atom. The Hall–Kier alpha value is -1.39. The van der Waals surface area contributed by atoms with Crippen molar-refractivity contribution in [2.24, 2.45) is 0 Å². The standard InChI is InChI=1S/C14H10BrClFNO/c15-9-2-1-8(13(17)6-9)5-14(19)11-4-3-10(18)7-12(11)16/h1-4,6-7H,5,18H2. The fourth-order valence-electron chi connectivity index (χ4n) is 1.69. The van der Waals surface area contributed by atoms with Gasteiger partial charge in [-0.05, 0) is 35.9 Å². The molecule has 2 rings (SSSR count). The summed E-state index contributed by atoms with van der Waals surface area (Å²) >= 11 is 9.12. The molecule has 0 aliphatic heterocycles. The second kappa shape index (κ2) is 5.72. The average molecular weight is 343 g/mol. The molecule has 0 unspecified atom stereocenters. The number of halogens is 3. The Morgan fingerprint density at radius 1 is 1.26 bits per heavy atom. The summed E-state index contributed by atoms with van der Waals surface area (Å²) in [5, 5.41) is 0.280. The van der Waals surface area contributed by atoms with E-state index in [2.05, 4.69) is 15.9 Å². The number of ketones is 1. The highest BCUT2D eigenvalue weighted by Gasteiger charge is 2.13. The second-order valence-electron chi connectivity index (χ2n) is 4.07. The zero-order valence-electron chi connectivity index (χ0n) is 9.79. The maximum absolute atomic E-state index is 13.7. The molecule has 0 atom stereocenters. The van der Waals surface area contributed by atoms with E-state index in [1.165, 1.54) is 12.1 Å². The number of Topliss-reactive ketones (excluding diaryl/α,β-unsaturated/α-hetero) is 1. The highest BCUT2D eigenvalue weighted by atomic mass is 79.9. The molecule has 2 nitrogen and oxygen atoms in total. The van der Waals surface area contributed by atoms with E-state index in [4.69, 9.17) is 17.3 Å². The average Bonchev–Trinajstić information content (AvgIpc) is 2.32. The van der Waals surface area contributed by atoms with Gasteiger partial charge in [-0.3, -0.25) is 4.79 Å². The number of rotatable bonds is 3. The minimum Gasteiger partial charge on any atom is -0.399 e. The minimum atomic E-state index is -0.422. The van der Waals surface area contributed by atoms with Crippen LogP contribution in [0.4, 0.5) is 10.1 Å². The summed E-state index contributed by atoms with van der Waals surface area (Å²) in [4.78, 5) is 12.1. The Morgan fingerprint density at radius 3 is 2.63 bits per heavy atom. The molecule has 5 heteroatoms. The van der Waals surface area contributed by atoms with Gasteiger partial charge in [-0.25, -0.2) is 4.39 Å². The quantitative estimate of drug-likeness (QED) is 0.669. The Bertz CT molecular complexity index is 645. The highest BCUT2D eigenvalue weighted by molar-refractivity contribution is 9.10. The molecule has 0 radical (unpaired) electrons. The van der Waals surface area contributed by atoms with Gasteiger partial charge in [0.25, 0.3) is 0 Å². The van der Waals surface area contributed by atoms with Gasteiger partial charge in [0.1, 0.15) is 5.82 Å². The summed E-state index contributed by atoms with van der Waals surface area (Å²) in [5.74, 6) is -0.666. The molecule has 19 heavy (non-hydrogen) atoms. The van der Waals surface area contributed by atoms with E-state index in [9.17, 15) is 9.18 Å². The third-order valence-electron chi connectivity index (χ3n) is 2.66. The van der Waals surface area contributed by atoms with Gasteiger partial charge in [-0.2, -0.15) is 0 Å². The lowest BCUT2D eigenvalue weighted by Crippen LogP contribution is -2.06. The number of hydrogen-bond acceptors (Lipinski definition) is 2. The monoisotopic (exact) mass is 341 g/mol. The van der Waals surface area contributed by atoms with Crippen molar-refractivity contribution in [2.45, 2.75) is 6.42 Å². The van der Waals surface area contributed by atoms with Crippen LogP contribution < -0.4 is 5.73 Å². The van der Waals surface area contributed by atoms with Crippen LogP contribution in [0.15, 0.2) is 40.9 Å². The van der Waals surface area contributed by atoms with Crippen molar-refractivity contribution in [2.75, 3.05) is 5.73 Å². The molecule has 0 saturated carbocycles. The zero-order valence-corrected chi connectivity index (χ0v) is 12.1. The van der Waals surface area contributed by atoms with Crippen LogP contribution in [0, 0.1) is 5.82 Å². The predicted molar refractivity (Wildman–Crippen MR) is 78.0 cm³/mol. The van der Waals surface area contributed by atoms with Crippen LogP contribution in [0.3, 0.4) is 0 Å². The zero-order chi connectivity index (χ0) is 14.0. The normalized spacial score (nSPS) is 10.5. The van der Waals surface area contributed by atoms with Crippen molar-refractivity contribution in [3.63, 3.8) is 0 Å². The SMILES string of the molecule is Nc1ccc(C(=O)Cc2ccc(Br)cc2F)c(Cl)c1. The fourth-order valence-corrected chi connectivity index (χ4v) is 2.32. The van der Waals surface area contributed by atoms with E-state index in [1.807, 2.05) is 0 Å². The molecular weight excluding hydrogens is 333 g/mol. The molecule has 0 bridgehead atoms. The van der Waals surface area contributed by atoms with Gasteiger partial charge in [-0.1, -0.05) is 33.6 Å². The predicted octanol–water partition coefficient (Wildman–Crippen LogP) is 4.25. The molecule has 0 amide bonds. The molecule has 2 aromatic carbocycles. The van der Waals surface area contributed by atoms with Gasteiger partial charge in [-0.15, -0.1) is 0 Å². The Labute approximate surface area is 123 Å². The molecule has 2 N–H and O–H groups in total. The third kappa shape index (κ3) is 3.33. The number of carbonyl (C=O) groups is 1. The molecule has 0 spiro atoms. The largest absolute Gasteiger partial charge is 0.399 e. The molecule has 0 aliphatic rings. The first-order valence-electron chi connectivity index (χ1n) is 5.49. The molecule has 0 fully saturated rings. The van der Waals surface area contributed by atoms with E-state index in [1.54, 1.807) is 24.3 Å². The molecule has 98 valence electrons. The van der Waals surface area contributed by atoms with Crippen LogP contribution in [-0.4, -0.2) is 5.78 Å². The highest BCUT2D eigenvalue weighted by Crippen LogP contribution is 2.22. The van der Waals surface area contributed by atoms with Crippen molar-refractivity contribution in [3.8, 4) is 0 Å². The van der Waals surface area contributed by atoms with Gasteiger partial charge in [0, 0.05) is 22.1 Å². The van der Waals surface area contributed by atoms with Crippen LogP contribution in [0.1, 0.15) is 15.9 Å². The number of hydrogen-bond donors (Lipinski definition) is 1. The van der Waals surface area contributed by atoms with E-state index in [-0.39, 0.29) is 17.2 Å². The third-order valence-corrected chi connectivity index (χ3v) is 3.47. The van der Waals surface area contributed by atoms with Gasteiger partial charge < -0.3 is 5.73 Å². The van der Waals surface area contributed by atoms with Crippen LogP contribution in [0.2, 0.25) is 5.02 Å². The summed E-state index contributed by atoms with van der Waals surface area (Å²) in [6, 6.07) is 9.24. The van der Waals surface area contributed by atoms with E-state index in [0.29, 0.717) is 21.3 Å². The van der Waals surface area contributed by atoms with Crippen LogP contribution in [0.25, 0.3) is 0 Å². The topological polar surface area (TPSA) is 43.1 Å². The molecule has 2 aromatic rings. The maximum Gasteiger partial charge on any atom is 0.168 e. The number of benzene rings is 2. The Balaban J connectivity index is 2.25. The summed E-state index contributed by atoms with van der Waals surface area (Å²) in [5.41, 5.74) is 6.72. The van der Waals surface area contributed by atoms with Crippen LogP contribution in [-0.2, 0) is 6.42 Å². The Kier molecular flexibility index (Phi) is 4.22. The van der Waals surface area contributed by atoms with Crippen molar-refractivity contribution in [3.05, 3.63) is 62.8 Å². The van der Waals surface area contributed by atoms with Crippen molar-refractivity contribution in [1.82, 2.24) is 0 Å². The first-order valence-corrected chi connectivity index (χ1v) is 6.66. The van der Waals surface area contributed by atoms with Crippen molar-refractivity contribution < 1.29 is 9.18 Å². The number of carbonyl (C=O) groups excluding carboxylic acids is 1. The lowest BCUT2D eigenvalue weighted by atomic mass is 10.0. The van der Waals surface area contributed by atoms with Crippen LogP contribution in [0.5, 0.6) is 0 Å². The van der Waals surface area contributed by atoms with Crippen molar-refractivity contribution in [1.29, 1.82) is 0 Å². The molecule has 0 aliphatic carbocycles. The molecular formula is C14H10BrClFNO. The van der Waals surface area contributed by atoms with E-state index in [0.717, 1.165) is 0 Å². The summed E-state index contributed by atoms with van der Waals surface area (Å²) in [6.07, 6.45) is -0.0389. The number of nitrogens with two attached hydrogens (primary N) is 1.